The van der Waals surface area contributed by atoms with Crippen molar-refractivity contribution < 1.29 is 17.2 Å². The van der Waals surface area contributed by atoms with Crippen LogP contribution in [-0.4, -0.2) is 19.9 Å². The number of sulfonamides is 1. The Bertz CT molecular complexity index is 737. The van der Waals surface area contributed by atoms with Gasteiger partial charge in [0, 0.05) is 18.9 Å². The molecule has 0 spiro atoms. The van der Waals surface area contributed by atoms with Crippen LogP contribution in [0.3, 0.4) is 0 Å². The third kappa shape index (κ3) is 3.53. The van der Waals surface area contributed by atoms with E-state index in [0.29, 0.717) is 6.42 Å². The molecule has 0 amide bonds. The lowest BCUT2D eigenvalue weighted by atomic mass is 10.2. The van der Waals surface area contributed by atoms with Crippen molar-refractivity contribution in [2.75, 3.05) is 12.3 Å². The lowest BCUT2D eigenvalue weighted by Crippen LogP contribution is -2.27. The first-order chi connectivity index (χ1) is 9.92. The van der Waals surface area contributed by atoms with Crippen molar-refractivity contribution >= 4 is 15.7 Å². The summed E-state index contributed by atoms with van der Waals surface area (Å²) in [4.78, 5) is 3.17. The maximum Gasteiger partial charge on any atom is 0.243 e. The Labute approximate surface area is 120 Å². The summed E-state index contributed by atoms with van der Waals surface area (Å²) in [6, 6.07) is 5.14. The van der Waals surface area contributed by atoms with Gasteiger partial charge in [0.15, 0.2) is 5.82 Å². The van der Waals surface area contributed by atoms with Crippen molar-refractivity contribution in [2.24, 2.45) is 0 Å². The van der Waals surface area contributed by atoms with Gasteiger partial charge in [0.25, 0.3) is 0 Å². The molecule has 1 aromatic carbocycles. The molecule has 0 aliphatic carbocycles. The molecule has 1 aromatic heterocycles. The minimum atomic E-state index is -4.09. The zero-order valence-corrected chi connectivity index (χ0v) is 11.7. The van der Waals surface area contributed by atoms with Crippen LogP contribution in [0.15, 0.2) is 41.6 Å². The molecule has 0 radical (unpaired) electrons. The lowest BCUT2D eigenvalue weighted by Gasteiger charge is -2.09. The summed E-state index contributed by atoms with van der Waals surface area (Å²) < 4.78 is 52.9. The van der Waals surface area contributed by atoms with E-state index in [1.54, 1.807) is 24.5 Å². The van der Waals surface area contributed by atoms with Gasteiger partial charge in [-0.25, -0.2) is 21.9 Å². The standard InChI is InChI=1S/C13H13F2N3O2S/c14-10-1-2-11(12(15)13(10)16)21(19,20)18-8-5-9-3-6-17-7-4-9/h1-4,6-7,18H,5,8,16H2. The summed E-state index contributed by atoms with van der Waals surface area (Å²) in [5, 5.41) is 0. The molecule has 0 saturated carbocycles. The van der Waals surface area contributed by atoms with E-state index in [1.807, 2.05) is 0 Å². The van der Waals surface area contributed by atoms with Crippen molar-refractivity contribution in [1.82, 2.24) is 9.71 Å². The molecule has 2 aromatic rings. The SMILES string of the molecule is Nc1c(F)ccc(S(=O)(=O)NCCc2ccncc2)c1F. The highest BCUT2D eigenvalue weighted by atomic mass is 32.2. The molecule has 0 fully saturated rings. The van der Waals surface area contributed by atoms with Crippen molar-refractivity contribution in [3.63, 3.8) is 0 Å². The van der Waals surface area contributed by atoms with Gasteiger partial charge >= 0.3 is 0 Å². The fourth-order valence-corrected chi connectivity index (χ4v) is 2.83. The molecule has 0 aliphatic rings. The number of halogens is 2. The van der Waals surface area contributed by atoms with E-state index < -0.39 is 32.2 Å². The normalized spacial score (nSPS) is 11.5. The van der Waals surface area contributed by atoms with Gasteiger partial charge in [-0.1, -0.05) is 0 Å². The van der Waals surface area contributed by atoms with Gasteiger partial charge in [-0.15, -0.1) is 0 Å². The molecular weight excluding hydrogens is 300 g/mol. The van der Waals surface area contributed by atoms with E-state index >= 15 is 0 Å². The van der Waals surface area contributed by atoms with E-state index in [9.17, 15) is 17.2 Å². The fourth-order valence-electron chi connectivity index (χ4n) is 1.71. The second-order valence-corrected chi connectivity index (χ2v) is 6.01. The van der Waals surface area contributed by atoms with Crippen LogP contribution in [-0.2, 0) is 16.4 Å². The first-order valence-corrected chi connectivity index (χ1v) is 7.52. The van der Waals surface area contributed by atoms with Crippen molar-refractivity contribution in [3.05, 3.63) is 53.9 Å². The highest BCUT2D eigenvalue weighted by Crippen LogP contribution is 2.22. The Kier molecular flexibility index (Phi) is 4.49. The molecule has 112 valence electrons. The van der Waals surface area contributed by atoms with Crippen LogP contribution >= 0.6 is 0 Å². The highest BCUT2D eigenvalue weighted by Gasteiger charge is 2.22. The van der Waals surface area contributed by atoms with Gasteiger partial charge in [-0.05, 0) is 36.2 Å². The topological polar surface area (TPSA) is 85.1 Å². The van der Waals surface area contributed by atoms with Gasteiger partial charge in [-0.3, -0.25) is 4.98 Å². The second-order valence-electron chi connectivity index (χ2n) is 4.28. The summed E-state index contributed by atoms with van der Waals surface area (Å²) in [5.74, 6) is -2.28. The third-order valence-electron chi connectivity index (χ3n) is 2.84. The molecule has 0 atom stereocenters. The van der Waals surface area contributed by atoms with Gasteiger partial charge in [-0.2, -0.15) is 0 Å². The average Bonchev–Trinajstić information content (AvgIpc) is 2.45. The number of anilines is 1. The van der Waals surface area contributed by atoms with E-state index in [2.05, 4.69) is 9.71 Å². The smallest absolute Gasteiger partial charge is 0.243 e. The number of nitrogens with two attached hydrogens (primary N) is 1. The number of nitrogens with one attached hydrogen (secondary N) is 1. The molecule has 8 heteroatoms. The maximum atomic E-state index is 13.7. The van der Waals surface area contributed by atoms with Gasteiger partial charge < -0.3 is 5.73 Å². The number of nitrogen functional groups attached to an aromatic ring is 1. The van der Waals surface area contributed by atoms with Crippen LogP contribution in [0.1, 0.15) is 5.56 Å². The number of aromatic nitrogens is 1. The summed E-state index contributed by atoms with van der Waals surface area (Å²) in [7, 11) is -4.09. The minimum absolute atomic E-state index is 0.0725. The van der Waals surface area contributed by atoms with Crippen LogP contribution in [0, 0.1) is 11.6 Å². The second kappa shape index (κ2) is 6.15. The number of rotatable bonds is 5. The Morgan fingerprint density at radius 1 is 1.14 bits per heavy atom. The number of hydrogen-bond donors (Lipinski definition) is 2. The van der Waals surface area contributed by atoms with Crippen LogP contribution in [0.5, 0.6) is 0 Å². The van der Waals surface area contributed by atoms with Crippen LogP contribution in [0.4, 0.5) is 14.5 Å². The zero-order valence-electron chi connectivity index (χ0n) is 10.9. The Balaban J connectivity index is 2.11. The quantitative estimate of drug-likeness (QED) is 0.819. The minimum Gasteiger partial charge on any atom is -0.394 e. The molecule has 0 aliphatic heterocycles. The fraction of sp³-hybridized carbons (Fsp3) is 0.154. The van der Waals surface area contributed by atoms with Gasteiger partial charge in [0.1, 0.15) is 16.4 Å². The van der Waals surface area contributed by atoms with Gasteiger partial charge in [0.2, 0.25) is 10.0 Å². The Hall–Kier alpha value is -2.06. The Morgan fingerprint density at radius 2 is 1.81 bits per heavy atom. The first kappa shape index (κ1) is 15.3. The summed E-state index contributed by atoms with van der Waals surface area (Å²) in [6.07, 6.45) is 3.59. The number of pyridine rings is 1. The van der Waals surface area contributed by atoms with E-state index in [0.717, 1.165) is 17.7 Å². The highest BCUT2D eigenvalue weighted by molar-refractivity contribution is 7.89. The number of hydrogen-bond acceptors (Lipinski definition) is 4. The van der Waals surface area contributed by atoms with Gasteiger partial charge in [0.05, 0.1) is 0 Å². The van der Waals surface area contributed by atoms with Crippen LogP contribution in [0.2, 0.25) is 0 Å². The van der Waals surface area contributed by atoms with E-state index in [-0.39, 0.29) is 6.54 Å². The zero-order chi connectivity index (χ0) is 15.5. The summed E-state index contributed by atoms with van der Waals surface area (Å²) in [6.45, 7) is 0.0725. The van der Waals surface area contributed by atoms with Crippen molar-refractivity contribution in [1.29, 1.82) is 0 Å². The molecule has 0 unspecified atom stereocenters. The third-order valence-corrected chi connectivity index (χ3v) is 4.31. The van der Waals surface area contributed by atoms with Crippen molar-refractivity contribution in [3.8, 4) is 0 Å². The predicted molar refractivity (Wildman–Crippen MR) is 73.9 cm³/mol. The summed E-state index contributed by atoms with van der Waals surface area (Å²) >= 11 is 0. The van der Waals surface area contributed by atoms with Crippen LogP contribution in [0.25, 0.3) is 0 Å². The van der Waals surface area contributed by atoms with E-state index in [4.69, 9.17) is 5.73 Å². The number of nitrogens with zero attached hydrogens (tertiary/aromatic N) is 1. The number of benzene rings is 1. The molecule has 1 heterocycles. The maximum absolute atomic E-state index is 13.7. The molecule has 0 saturated heterocycles. The lowest BCUT2D eigenvalue weighted by molar-refractivity contribution is 0.548. The average molecular weight is 313 g/mol. The molecule has 2 rings (SSSR count). The first-order valence-electron chi connectivity index (χ1n) is 6.04. The molecule has 0 bridgehead atoms. The largest absolute Gasteiger partial charge is 0.394 e. The molecule has 21 heavy (non-hydrogen) atoms. The molecular formula is C13H13F2N3O2S. The van der Waals surface area contributed by atoms with Crippen molar-refractivity contribution in [2.45, 2.75) is 11.3 Å². The van der Waals surface area contributed by atoms with Crippen LogP contribution < -0.4 is 10.5 Å². The predicted octanol–water partition coefficient (Wildman–Crippen LogP) is 1.46. The van der Waals surface area contributed by atoms with E-state index in [1.165, 1.54) is 0 Å². The Morgan fingerprint density at radius 3 is 2.48 bits per heavy atom. The monoisotopic (exact) mass is 313 g/mol. The molecule has 5 nitrogen and oxygen atoms in total. The molecule has 3 N–H and O–H groups in total. The summed E-state index contributed by atoms with van der Waals surface area (Å²) in [5.41, 5.74) is 5.22.